The molecule has 0 spiro atoms. The van der Waals surface area contributed by atoms with Gasteiger partial charge in [-0.15, -0.1) is 6.58 Å². The molecule has 190 valence electrons. The van der Waals surface area contributed by atoms with Crippen LogP contribution in [0.15, 0.2) is 67.3 Å². The fourth-order valence-electron chi connectivity index (χ4n) is 4.25. The number of esters is 1. The highest BCUT2D eigenvalue weighted by Crippen LogP contribution is 2.28. The number of ether oxygens (including phenoxy) is 3. The molecule has 2 aromatic rings. The Hall–Kier alpha value is -2.92. The van der Waals surface area contributed by atoms with Crippen molar-refractivity contribution in [3.05, 3.63) is 78.4 Å². The average Bonchev–Trinajstić information content (AvgIpc) is 2.90. The number of carbonyl (C=O) groups excluding carboxylic acids is 2. The van der Waals surface area contributed by atoms with Gasteiger partial charge in [-0.05, 0) is 60.9 Å². The summed E-state index contributed by atoms with van der Waals surface area (Å²) in [6.07, 6.45) is 5.32. The highest BCUT2D eigenvalue weighted by Gasteiger charge is 2.27. The summed E-state index contributed by atoms with van der Waals surface area (Å²) in [4.78, 5) is 23.6. The van der Waals surface area contributed by atoms with E-state index in [0.29, 0.717) is 25.0 Å². The number of methoxy groups -OCH3 is 1. The predicted molar refractivity (Wildman–Crippen MR) is 139 cm³/mol. The summed E-state index contributed by atoms with van der Waals surface area (Å²) in [6.45, 7) is 10.7. The van der Waals surface area contributed by atoms with Gasteiger partial charge in [-0.3, -0.25) is 0 Å². The van der Waals surface area contributed by atoms with Crippen LogP contribution in [0.3, 0.4) is 0 Å². The van der Waals surface area contributed by atoms with E-state index in [1.807, 2.05) is 55.5 Å². The second-order valence-electron chi connectivity index (χ2n) is 9.30. The highest BCUT2D eigenvalue weighted by molar-refractivity contribution is 5.89. The SMILES string of the molecule is C=C[C@@H](C)[C@H](CC[C@@H](C)[C@H](OCc1ccc(OC)cc1)[C@@H](C)CCC=O)OC(=O)c1ccccc1. The molecule has 5 atom stereocenters. The molecule has 0 N–H and O–H groups in total. The van der Waals surface area contributed by atoms with Crippen LogP contribution in [0.25, 0.3) is 0 Å². The summed E-state index contributed by atoms with van der Waals surface area (Å²) in [6, 6.07) is 16.9. The number of rotatable bonds is 16. The van der Waals surface area contributed by atoms with Crippen molar-refractivity contribution in [3.63, 3.8) is 0 Å². The third-order valence-corrected chi connectivity index (χ3v) is 6.60. The molecule has 0 aliphatic carbocycles. The molecule has 5 nitrogen and oxygen atoms in total. The molecule has 0 heterocycles. The van der Waals surface area contributed by atoms with Crippen molar-refractivity contribution in [1.82, 2.24) is 0 Å². The van der Waals surface area contributed by atoms with Crippen molar-refractivity contribution >= 4 is 12.3 Å². The molecule has 2 rings (SSSR count). The molecule has 0 aromatic heterocycles. The van der Waals surface area contributed by atoms with Crippen molar-refractivity contribution in [1.29, 1.82) is 0 Å². The van der Waals surface area contributed by atoms with Crippen molar-refractivity contribution in [2.75, 3.05) is 7.11 Å². The summed E-state index contributed by atoms with van der Waals surface area (Å²) in [5.41, 5.74) is 1.62. The van der Waals surface area contributed by atoms with Crippen LogP contribution >= 0.6 is 0 Å². The largest absolute Gasteiger partial charge is 0.497 e. The van der Waals surface area contributed by atoms with E-state index in [0.717, 1.165) is 30.4 Å². The average molecular weight is 481 g/mol. The zero-order valence-electron chi connectivity index (χ0n) is 21.5. The van der Waals surface area contributed by atoms with Gasteiger partial charge in [-0.25, -0.2) is 4.79 Å². The van der Waals surface area contributed by atoms with Crippen molar-refractivity contribution in [3.8, 4) is 5.75 Å². The first kappa shape index (κ1) is 28.3. The lowest BCUT2D eigenvalue weighted by molar-refractivity contribution is -0.108. The Bertz CT molecular complexity index is 893. The lowest BCUT2D eigenvalue weighted by Gasteiger charge is -2.31. The molecule has 5 heteroatoms. The smallest absolute Gasteiger partial charge is 0.338 e. The monoisotopic (exact) mass is 480 g/mol. The molecule has 0 aliphatic heterocycles. The second-order valence-corrected chi connectivity index (χ2v) is 9.30. The zero-order chi connectivity index (χ0) is 25.6. The Morgan fingerprint density at radius 3 is 2.20 bits per heavy atom. The number of hydrogen-bond acceptors (Lipinski definition) is 5. The van der Waals surface area contributed by atoms with Gasteiger partial charge in [-0.1, -0.05) is 57.2 Å². The van der Waals surface area contributed by atoms with E-state index < -0.39 is 0 Å². The van der Waals surface area contributed by atoms with Crippen LogP contribution in [0.5, 0.6) is 5.75 Å². The Kier molecular flexibility index (Phi) is 12.3. The number of benzene rings is 2. The number of aldehydes is 1. The van der Waals surface area contributed by atoms with Gasteiger partial charge in [0.15, 0.2) is 0 Å². The minimum absolute atomic E-state index is 0.0263. The molecule has 0 bridgehead atoms. The highest BCUT2D eigenvalue weighted by atomic mass is 16.5. The first-order valence-corrected chi connectivity index (χ1v) is 12.5. The standard InChI is InChI=1S/C30H40O5/c1-6-22(2)28(35-30(32)26-12-8-7-9-13-26)19-14-24(4)29(23(3)11-10-20-31)34-21-25-15-17-27(33-5)18-16-25/h6-9,12-13,15-18,20,22-24,28-29H,1,10-11,14,19,21H2,2-5H3/t22-,23+,24-,28+,29-/m1/s1. The summed E-state index contributed by atoms with van der Waals surface area (Å²) >= 11 is 0. The first-order chi connectivity index (χ1) is 16.9. The van der Waals surface area contributed by atoms with Crippen molar-refractivity contribution in [2.24, 2.45) is 17.8 Å². The quantitative estimate of drug-likeness (QED) is 0.153. The van der Waals surface area contributed by atoms with Gasteiger partial charge in [0, 0.05) is 12.3 Å². The van der Waals surface area contributed by atoms with Crippen LogP contribution in [0.2, 0.25) is 0 Å². The van der Waals surface area contributed by atoms with Crippen LogP contribution in [0.4, 0.5) is 0 Å². The first-order valence-electron chi connectivity index (χ1n) is 12.5. The van der Waals surface area contributed by atoms with Gasteiger partial charge in [0.05, 0.1) is 25.4 Å². The fraction of sp³-hybridized carbons (Fsp3) is 0.467. The molecule has 0 unspecified atom stereocenters. The van der Waals surface area contributed by atoms with E-state index in [1.165, 1.54) is 0 Å². The van der Waals surface area contributed by atoms with Gasteiger partial charge in [-0.2, -0.15) is 0 Å². The van der Waals surface area contributed by atoms with Crippen LogP contribution < -0.4 is 4.74 Å². The van der Waals surface area contributed by atoms with Crippen LogP contribution in [-0.2, 0) is 20.9 Å². The third kappa shape index (κ3) is 9.33. The maximum atomic E-state index is 12.7. The predicted octanol–water partition coefficient (Wildman–Crippen LogP) is 6.66. The Labute approximate surface area is 210 Å². The van der Waals surface area contributed by atoms with Crippen molar-refractivity contribution < 1.29 is 23.8 Å². The van der Waals surface area contributed by atoms with E-state index >= 15 is 0 Å². The summed E-state index contributed by atoms with van der Waals surface area (Å²) in [5, 5.41) is 0. The number of hydrogen-bond donors (Lipinski definition) is 0. The molecular weight excluding hydrogens is 440 g/mol. The molecule has 0 saturated heterocycles. The van der Waals surface area contributed by atoms with E-state index in [-0.39, 0.29) is 35.9 Å². The van der Waals surface area contributed by atoms with Crippen LogP contribution in [0.1, 0.15) is 62.4 Å². The van der Waals surface area contributed by atoms with Gasteiger partial charge in [0.2, 0.25) is 0 Å². The minimum atomic E-state index is -0.316. The topological polar surface area (TPSA) is 61.8 Å². The summed E-state index contributed by atoms with van der Waals surface area (Å²) < 4.78 is 17.5. The van der Waals surface area contributed by atoms with Gasteiger partial charge >= 0.3 is 5.97 Å². The van der Waals surface area contributed by atoms with E-state index in [1.54, 1.807) is 19.2 Å². The Morgan fingerprint density at radius 1 is 0.943 bits per heavy atom. The number of carbonyl (C=O) groups is 2. The normalized spacial score (nSPS) is 15.3. The molecule has 0 fully saturated rings. The van der Waals surface area contributed by atoms with Gasteiger partial charge in [0.25, 0.3) is 0 Å². The maximum absolute atomic E-state index is 12.7. The molecule has 0 amide bonds. The Morgan fingerprint density at radius 2 is 1.60 bits per heavy atom. The third-order valence-electron chi connectivity index (χ3n) is 6.60. The van der Waals surface area contributed by atoms with Crippen LogP contribution in [0, 0.1) is 17.8 Å². The summed E-state index contributed by atoms with van der Waals surface area (Å²) in [7, 11) is 1.65. The Balaban J connectivity index is 2.04. The molecular formula is C30H40O5. The fourth-order valence-corrected chi connectivity index (χ4v) is 4.25. The van der Waals surface area contributed by atoms with Crippen LogP contribution in [-0.4, -0.2) is 31.6 Å². The molecule has 35 heavy (non-hydrogen) atoms. The zero-order valence-corrected chi connectivity index (χ0v) is 21.5. The maximum Gasteiger partial charge on any atom is 0.338 e. The lowest BCUT2D eigenvalue weighted by Crippen LogP contribution is -2.31. The lowest BCUT2D eigenvalue weighted by atomic mass is 9.85. The van der Waals surface area contributed by atoms with Crippen molar-refractivity contribution in [2.45, 2.75) is 65.3 Å². The van der Waals surface area contributed by atoms with E-state index in [2.05, 4.69) is 20.4 Å². The van der Waals surface area contributed by atoms with Gasteiger partial charge in [0.1, 0.15) is 18.1 Å². The molecule has 0 aliphatic rings. The molecule has 0 saturated carbocycles. The summed E-state index contributed by atoms with van der Waals surface area (Å²) in [5.74, 6) is 0.954. The molecule has 0 radical (unpaired) electrons. The second kappa shape index (κ2) is 15.2. The minimum Gasteiger partial charge on any atom is -0.497 e. The molecule has 2 aromatic carbocycles. The van der Waals surface area contributed by atoms with Gasteiger partial charge < -0.3 is 19.0 Å². The van der Waals surface area contributed by atoms with E-state index in [9.17, 15) is 9.59 Å². The van der Waals surface area contributed by atoms with E-state index in [4.69, 9.17) is 14.2 Å².